The van der Waals surface area contributed by atoms with Gasteiger partial charge in [0.05, 0.1) is 28.5 Å². The topological polar surface area (TPSA) is 138 Å². The van der Waals surface area contributed by atoms with Crippen molar-refractivity contribution in [2.24, 2.45) is 0 Å². The maximum absolute atomic E-state index is 13.6. The highest BCUT2D eigenvalue weighted by Gasteiger charge is 2.43. The number of hydrogen-bond acceptors (Lipinski definition) is 8. The zero-order chi connectivity index (χ0) is 34.0. The van der Waals surface area contributed by atoms with Gasteiger partial charge in [-0.1, -0.05) is 32.9 Å². The number of carboxylic acids is 1. The van der Waals surface area contributed by atoms with Crippen molar-refractivity contribution in [2.45, 2.75) is 72.2 Å². The van der Waals surface area contributed by atoms with Gasteiger partial charge in [-0.3, -0.25) is 4.79 Å². The van der Waals surface area contributed by atoms with Gasteiger partial charge in [0.25, 0.3) is 5.91 Å². The van der Waals surface area contributed by atoms with E-state index in [0.29, 0.717) is 46.2 Å². The zero-order valence-corrected chi connectivity index (χ0v) is 28.8. The second-order valence-electron chi connectivity index (χ2n) is 13.0. The minimum atomic E-state index is -2.26. The van der Waals surface area contributed by atoms with Gasteiger partial charge in [0.15, 0.2) is 17.1 Å². The number of para-hydroxylation sites is 2. The summed E-state index contributed by atoms with van der Waals surface area (Å²) in [4.78, 5) is 25.3. The Morgan fingerprint density at radius 3 is 2.26 bits per heavy atom. The highest BCUT2D eigenvalue weighted by molar-refractivity contribution is 6.74. The number of fused-ring (bicyclic) bond motifs is 1. The number of carboxylic acid groups (broad SMARTS) is 1. The normalized spacial score (nSPS) is 12.0. The second-order valence-corrected chi connectivity index (χ2v) is 17.7. The minimum Gasteiger partial charge on any atom is -0.478 e. The van der Waals surface area contributed by atoms with Gasteiger partial charge in [0, 0.05) is 18.4 Å². The van der Waals surface area contributed by atoms with Crippen molar-refractivity contribution in [1.29, 1.82) is 5.26 Å². The van der Waals surface area contributed by atoms with Crippen molar-refractivity contribution in [1.82, 2.24) is 14.7 Å². The Morgan fingerprint density at radius 2 is 1.70 bits per heavy atom. The molecule has 0 saturated heterocycles. The van der Waals surface area contributed by atoms with Gasteiger partial charge in [0.1, 0.15) is 11.8 Å². The van der Waals surface area contributed by atoms with Crippen LogP contribution in [-0.4, -0.2) is 52.1 Å². The second kappa shape index (κ2) is 12.9. The number of benzene rings is 2. The van der Waals surface area contributed by atoms with Gasteiger partial charge >= 0.3 is 5.97 Å². The van der Waals surface area contributed by atoms with Crippen molar-refractivity contribution in [3.63, 3.8) is 0 Å². The van der Waals surface area contributed by atoms with Crippen molar-refractivity contribution in [2.75, 3.05) is 11.9 Å². The lowest BCUT2D eigenvalue weighted by molar-refractivity contribution is -0.174. The summed E-state index contributed by atoms with van der Waals surface area (Å²) in [5, 5.41) is 28.1. The van der Waals surface area contributed by atoms with E-state index in [1.807, 2.05) is 13.0 Å². The first-order chi connectivity index (χ1) is 21.5. The smallest absolute Gasteiger partial charge is 0.337 e. The molecule has 12 heteroatoms. The lowest BCUT2D eigenvalue weighted by Crippen LogP contribution is -2.54. The lowest BCUT2D eigenvalue weighted by Gasteiger charge is -2.41. The number of carbonyl (C=O) groups is 2. The zero-order valence-electron chi connectivity index (χ0n) is 27.8. The van der Waals surface area contributed by atoms with Crippen LogP contribution in [0.25, 0.3) is 5.52 Å². The molecule has 0 spiro atoms. The highest BCUT2D eigenvalue weighted by atomic mass is 28.4. The average molecular weight is 644 g/mol. The molecule has 0 aliphatic carbocycles. The summed E-state index contributed by atoms with van der Waals surface area (Å²) >= 11 is 0. The number of hydroxylamine groups is 2. The number of carbonyl (C=O) groups excluding carboxylic acids is 1. The predicted octanol–water partition coefficient (Wildman–Crippen LogP) is 7.69. The van der Waals surface area contributed by atoms with Crippen molar-refractivity contribution in [3.05, 3.63) is 77.6 Å². The van der Waals surface area contributed by atoms with Crippen LogP contribution >= 0.6 is 0 Å². The molecule has 2 aromatic carbocycles. The number of nitrogens with zero attached hydrogens (tertiary/aromatic N) is 4. The summed E-state index contributed by atoms with van der Waals surface area (Å²) in [5.41, 5.74) is 1.20. The van der Waals surface area contributed by atoms with E-state index >= 15 is 0 Å². The monoisotopic (exact) mass is 643 g/mol. The highest BCUT2D eigenvalue weighted by Crippen LogP contribution is 2.39. The molecule has 0 aliphatic rings. The van der Waals surface area contributed by atoms with E-state index in [4.69, 9.17) is 14.0 Å². The number of nitriles is 1. The van der Waals surface area contributed by atoms with Crippen LogP contribution < -0.4 is 14.8 Å². The van der Waals surface area contributed by atoms with E-state index in [1.165, 1.54) is 22.0 Å². The molecule has 0 atom stereocenters. The molecule has 2 aromatic heterocycles. The number of ether oxygens (including phenoxy) is 2. The first kappa shape index (κ1) is 34.0. The van der Waals surface area contributed by atoms with E-state index in [1.54, 1.807) is 63.2 Å². The lowest BCUT2D eigenvalue weighted by atomic mass is 10.1. The molecule has 2 heterocycles. The third kappa shape index (κ3) is 7.01. The average Bonchev–Trinajstić information content (AvgIpc) is 3.33. The number of amides is 1. The quantitative estimate of drug-likeness (QED) is 0.124. The molecular formula is C34H41N5O6Si. The SMILES string of the molecule is CCN(O[Si](C)(C)C(C)(C)C)C(=O)C(C)(C)Oc1ccccc1Oc1ccc(Nc2c(C#N)cnn3cc(C(=O)O)c(C)c23)cc1. The van der Waals surface area contributed by atoms with E-state index < -0.39 is 19.9 Å². The summed E-state index contributed by atoms with van der Waals surface area (Å²) < 4.78 is 20.2. The molecule has 0 fully saturated rings. The molecule has 0 unspecified atom stereocenters. The van der Waals surface area contributed by atoms with Gasteiger partial charge in [-0.15, -0.1) is 0 Å². The number of aryl methyl sites for hydroxylation is 1. The summed E-state index contributed by atoms with van der Waals surface area (Å²) in [6, 6.07) is 16.3. The van der Waals surface area contributed by atoms with Gasteiger partial charge < -0.3 is 24.4 Å². The Morgan fingerprint density at radius 1 is 1.07 bits per heavy atom. The molecule has 46 heavy (non-hydrogen) atoms. The van der Waals surface area contributed by atoms with Crippen molar-refractivity contribution < 1.29 is 28.7 Å². The van der Waals surface area contributed by atoms with Gasteiger partial charge in [0.2, 0.25) is 8.32 Å². The first-order valence-electron chi connectivity index (χ1n) is 15.0. The minimum absolute atomic E-state index is 0.0784. The summed E-state index contributed by atoms with van der Waals surface area (Å²) in [6.45, 7) is 17.9. The number of aromatic carboxylic acids is 1. The Hall–Kier alpha value is -4.86. The van der Waals surface area contributed by atoms with E-state index in [-0.39, 0.29) is 22.1 Å². The van der Waals surface area contributed by atoms with Crippen LogP contribution in [0.5, 0.6) is 17.2 Å². The van der Waals surface area contributed by atoms with Gasteiger partial charge in [-0.25, -0.2) is 14.4 Å². The van der Waals surface area contributed by atoms with Crippen LogP contribution in [0.2, 0.25) is 18.1 Å². The fourth-order valence-corrected chi connectivity index (χ4v) is 5.53. The number of likely N-dealkylation sites (N-methyl/N-ethyl adjacent to an activating group) is 1. The largest absolute Gasteiger partial charge is 0.478 e. The van der Waals surface area contributed by atoms with Crippen LogP contribution in [0.4, 0.5) is 11.4 Å². The molecular weight excluding hydrogens is 602 g/mol. The predicted molar refractivity (Wildman–Crippen MR) is 178 cm³/mol. The number of aromatic nitrogens is 2. The maximum atomic E-state index is 13.6. The molecule has 0 aliphatic heterocycles. The van der Waals surface area contributed by atoms with Gasteiger partial charge in [-0.05, 0) is 87.8 Å². The molecule has 0 bridgehead atoms. The first-order valence-corrected chi connectivity index (χ1v) is 17.9. The third-order valence-electron chi connectivity index (χ3n) is 8.15. The Labute approximate surface area is 270 Å². The molecule has 0 saturated carbocycles. The van der Waals surface area contributed by atoms with E-state index in [0.717, 1.165) is 0 Å². The number of rotatable bonds is 11. The van der Waals surface area contributed by atoms with Crippen LogP contribution in [0, 0.1) is 18.3 Å². The van der Waals surface area contributed by atoms with Crippen molar-refractivity contribution in [3.8, 4) is 23.3 Å². The summed E-state index contributed by atoms with van der Waals surface area (Å²) in [5.74, 6) is -0.0456. The molecule has 242 valence electrons. The van der Waals surface area contributed by atoms with Crippen molar-refractivity contribution >= 4 is 37.1 Å². The molecule has 4 aromatic rings. The maximum Gasteiger partial charge on any atom is 0.337 e. The van der Waals surface area contributed by atoms with Crippen LogP contribution in [0.15, 0.2) is 60.9 Å². The molecule has 1 amide bonds. The fraction of sp³-hybridized carbons (Fsp3) is 0.353. The molecule has 11 nitrogen and oxygen atoms in total. The Balaban J connectivity index is 1.54. The van der Waals surface area contributed by atoms with Crippen LogP contribution in [-0.2, 0) is 9.32 Å². The molecule has 2 N–H and O–H groups in total. The Kier molecular flexibility index (Phi) is 9.51. The fourth-order valence-electron chi connectivity index (χ4n) is 4.49. The standard InChI is InChI=1S/C34H41N5O6Si/c1-10-39(45-46(8,9)33(3,4)5)32(42)34(6,7)44-28-14-12-11-13-27(28)43-25-17-15-24(16-18-25)37-29-23(19-35)20-36-38-21-26(31(40)41)22(2)30(29)38/h11-18,20-21,37H,10H2,1-9H3,(H,40,41). The van der Waals surface area contributed by atoms with Crippen LogP contribution in [0.3, 0.4) is 0 Å². The van der Waals surface area contributed by atoms with Crippen LogP contribution in [0.1, 0.15) is 63.0 Å². The third-order valence-corrected chi connectivity index (χ3v) is 12.4. The number of hydrogen-bond donors (Lipinski definition) is 2. The molecule has 4 rings (SSSR count). The number of nitrogens with one attached hydrogen (secondary N) is 1. The summed E-state index contributed by atoms with van der Waals surface area (Å²) in [6.07, 6.45) is 2.81. The van der Waals surface area contributed by atoms with E-state index in [9.17, 15) is 20.0 Å². The van der Waals surface area contributed by atoms with E-state index in [2.05, 4.69) is 50.3 Å². The van der Waals surface area contributed by atoms with Gasteiger partial charge in [-0.2, -0.15) is 10.4 Å². The number of anilines is 2. The Bertz CT molecular complexity index is 1800. The molecule has 0 radical (unpaired) electrons. The summed E-state index contributed by atoms with van der Waals surface area (Å²) in [7, 11) is -2.26.